The smallest absolute Gasteiger partial charge is 0.266 e. The van der Waals surface area contributed by atoms with Crippen molar-refractivity contribution >= 4 is 34.4 Å². The molecule has 0 spiro atoms. The Hall–Kier alpha value is -3.39. The van der Waals surface area contributed by atoms with Crippen molar-refractivity contribution in [3.8, 4) is 5.69 Å². The molecule has 1 atom stereocenters. The van der Waals surface area contributed by atoms with Gasteiger partial charge >= 0.3 is 0 Å². The number of anilines is 1. The third-order valence-corrected chi connectivity index (χ3v) is 5.87. The predicted octanol–water partition coefficient (Wildman–Crippen LogP) is 4.19. The van der Waals surface area contributed by atoms with Crippen LogP contribution in [-0.2, 0) is 4.79 Å². The van der Waals surface area contributed by atoms with Crippen LogP contribution in [0.4, 0.5) is 5.82 Å². The second kappa shape index (κ2) is 8.54. The van der Waals surface area contributed by atoms with Crippen LogP contribution in [0.2, 0.25) is 0 Å². The molecule has 1 N–H and O–H groups in total. The quantitative estimate of drug-likeness (QED) is 0.372. The molecule has 0 aliphatic rings. The molecular weight excluding hydrogens is 400 g/mol. The maximum Gasteiger partial charge on any atom is 0.266 e. The van der Waals surface area contributed by atoms with Crippen molar-refractivity contribution in [2.75, 3.05) is 5.32 Å². The minimum Gasteiger partial charge on any atom is -0.360 e. The first-order chi connectivity index (χ1) is 14.6. The van der Waals surface area contributed by atoms with Crippen LogP contribution in [0.1, 0.15) is 19.1 Å². The SMILES string of the molecule is CCC(Sc1nc2ccccc2c(=O)n1-c1ccccc1)C(=O)Nc1cc(C)on1. The highest BCUT2D eigenvalue weighted by molar-refractivity contribution is 8.00. The van der Waals surface area contributed by atoms with Crippen molar-refractivity contribution in [2.24, 2.45) is 0 Å². The maximum absolute atomic E-state index is 13.3. The van der Waals surface area contributed by atoms with Crippen molar-refractivity contribution in [3.63, 3.8) is 0 Å². The number of carbonyl (C=O) groups is 1. The lowest BCUT2D eigenvalue weighted by atomic mass is 10.2. The third kappa shape index (κ3) is 3.99. The summed E-state index contributed by atoms with van der Waals surface area (Å²) in [4.78, 5) is 30.8. The minimum absolute atomic E-state index is 0.170. The second-order valence-electron chi connectivity index (χ2n) is 6.71. The number of para-hydroxylation sites is 2. The van der Waals surface area contributed by atoms with E-state index in [9.17, 15) is 9.59 Å². The van der Waals surface area contributed by atoms with Crippen molar-refractivity contribution in [2.45, 2.75) is 30.7 Å². The average Bonchev–Trinajstić information content (AvgIpc) is 3.17. The van der Waals surface area contributed by atoms with Gasteiger partial charge in [-0.1, -0.05) is 54.2 Å². The van der Waals surface area contributed by atoms with Crippen LogP contribution in [0.5, 0.6) is 0 Å². The highest BCUT2D eigenvalue weighted by atomic mass is 32.2. The molecule has 2 aromatic carbocycles. The van der Waals surface area contributed by atoms with Gasteiger partial charge in [0.25, 0.3) is 5.56 Å². The zero-order valence-corrected chi connectivity index (χ0v) is 17.3. The average molecular weight is 420 g/mol. The van der Waals surface area contributed by atoms with Gasteiger partial charge in [-0.15, -0.1) is 0 Å². The predicted molar refractivity (Wildman–Crippen MR) is 117 cm³/mol. The first kappa shape index (κ1) is 19.9. The van der Waals surface area contributed by atoms with E-state index >= 15 is 0 Å². The lowest BCUT2D eigenvalue weighted by Gasteiger charge is -2.17. The van der Waals surface area contributed by atoms with Crippen LogP contribution >= 0.6 is 11.8 Å². The van der Waals surface area contributed by atoms with Crippen LogP contribution in [0.3, 0.4) is 0 Å². The van der Waals surface area contributed by atoms with Crippen LogP contribution in [-0.4, -0.2) is 25.9 Å². The summed E-state index contributed by atoms with van der Waals surface area (Å²) in [6, 6.07) is 18.2. The number of aromatic nitrogens is 3. The molecule has 30 heavy (non-hydrogen) atoms. The first-order valence-electron chi connectivity index (χ1n) is 9.55. The van der Waals surface area contributed by atoms with Gasteiger partial charge in [-0.05, 0) is 37.6 Å². The lowest BCUT2D eigenvalue weighted by Crippen LogP contribution is -2.27. The molecule has 8 heteroatoms. The van der Waals surface area contributed by atoms with Crippen molar-refractivity contribution in [1.29, 1.82) is 0 Å². The van der Waals surface area contributed by atoms with Gasteiger partial charge in [-0.3, -0.25) is 14.2 Å². The van der Waals surface area contributed by atoms with Gasteiger partial charge in [0, 0.05) is 6.07 Å². The van der Waals surface area contributed by atoms with Gasteiger partial charge < -0.3 is 9.84 Å². The Kier molecular flexibility index (Phi) is 5.67. The monoisotopic (exact) mass is 420 g/mol. The molecule has 2 aromatic heterocycles. The third-order valence-electron chi connectivity index (χ3n) is 4.55. The summed E-state index contributed by atoms with van der Waals surface area (Å²) in [6.07, 6.45) is 0.546. The molecule has 0 saturated carbocycles. The minimum atomic E-state index is -0.468. The highest BCUT2D eigenvalue weighted by Gasteiger charge is 2.23. The molecule has 4 rings (SSSR count). The summed E-state index contributed by atoms with van der Waals surface area (Å²) in [7, 11) is 0. The molecule has 4 aromatic rings. The van der Waals surface area contributed by atoms with E-state index in [2.05, 4.69) is 10.5 Å². The lowest BCUT2D eigenvalue weighted by molar-refractivity contribution is -0.115. The number of amides is 1. The number of rotatable bonds is 6. The Morgan fingerprint density at radius 2 is 1.90 bits per heavy atom. The normalized spacial score (nSPS) is 12.1. The van der Waals surface area contributed by atoms with Crippen molar-refractivity contribution in [1.82, 2.24) is 14.7 Å². The molecule has 7 nitrogen and oxygen atoms in total. The zero-order valence-electron chi connectivity index (χ0n) is 16.5. The number of nitrogens with zero attached hydrogens (tertiary/aromatic N) is 3. The van der Waals surface area contributed by atoms with Crippen LogP contribution < -0.4 is 10.9 Å². The number of thioether (sulfide) groups is 1. The second-order valence-corrected chi connectivity index (χ2v) is 7.88. The molecule has 0 aliphatic carbocycles. The van der Waals surface area contributed by atoms with Crippen LogP contribution in [0.15, 0.2) is 75.1 Å². The van der Waals surface area contributed by atoms with Gasteiger partial charge in [0.1, 0.15) is 5.76 Å². The maximum atomic E-state index is 13.3. The van der Waals surface area contributed by atoms with Gasteiger partial charge in [0.05, 0.1) is 21.8 Å². The van der Waals surface area contributed by atoms with Crippen molar-refractivity contribution < 1.29 is 9.32 Å². The van der Waals surface area contributed by atoms with E-state index in [0.717, 1.165) is 0 Å². The Morgan fingerprint density at radius 1 is 1.17 bits per heavy atom. The molecule has 0 radical (unpaired) electrons. The number of hydrogen-bond donors (Lipinski definition) is 1. The van der Waals surface area contributed by atoms with Crippen LogP contribution in [0.25, 0.3) is 16.6 Å². The van der Waals surface area contributed by atoms with E-state index in [4.69, 9.17) is 9.51 Å². The molecule has 0 fully saturated rings. The summed E-state index contributed by atoms with van der Waals surface area (Å²) >= 11 is 1.25. The number of benzene rings is 2. The summed E-state index contributed by atoms with van der Waals surface area (Å²) < 4.78 is 6.57. The largest absolute Gasteiger partial charge is 0.360 e. The van der Waals surface area contributed by atoms with E-state index in [1.54, 1.807) is 29.7 Å². The molecule has 1 amide bonds. The summed E-state index contributed by atoms with van der Waals surface area (Å²) in [6.45, 7) is 3.67. The summed E-state index contributed by atoms with van der Waals surface area (Å²) in [5.74, 6) is 0.751. The Bertz CT molecular complexity index is 1250. The highest BCUT2D eigenvalue weighted by Crippen LogP contribution is 2.27. The van der Waals surface area contributed by atoms with Gasteiger partial charge in [-0.2, -0.15) is 0 Å². The van der Waals surface area contributed by atoms with Crippen molar-refractivity contribution in [3.05, 3.63) is 76.8 Å². The van der Waals surface area contributed by atoms with Crippen LogP contribution in [0, 0.1) is 6.92 Å². The van der Waals surface area contributed by atoms with E-state index in [0.29, 0.717) is 39.7 Å². The zero-order chi connectivity index (χ0) is 21.1. The Morgan fingerprint density at radius 3 is 2.60 bits per heavy atom. The molecule has 152 valence electrons. The van der Waals surface area contributed by atoms with E-state index in [1.807, 2.05) is 49.4 Å². The van der Waals surface area contributed by atoms with Gasteiger partial charge in [-0.25, -0.2) is 4.98 Å². The number of aryl methyl sites for hydroxylation is 1. The summed E-state index contributed by atoms with van der Waals surface area (Å²) in [5, 5.41) is 7.10. The van der Waals surface area contributed by atoms with Gasteiger partial charge in [0.15, 0.2) is 11.0 Å². The van der Waals surface area contributed by atoms with E-state index < -0.39 is 5.25 Å². The fraction of sp³-hybridized carbons (Fsp3) is 0.182. The van der Waals surface area contributed by atoms with E-state index in [1.165, 1.54) is 11.8 Å². The number of hydrogen-bond acceptors (Lipinski definition) is 6. The molecule has 2 heterocycles. The topological polar surface area (TPSA) is 90.0 Å². The molecule has 0 bridgehead atoms. The number of nitrogens with one attached hydrogen (secondary N) is 1. The molecule has 1 unspecified atom stereocenters. The van der Waals surface area contributed by atoms with E-state index in [-0.39, 0.29) is 11.5 Å². The first-order valence-corrected chi connectivity index (χ1v) is 10.4. The standard InChI is InChI=1S/C22H20N4O3S/c1-3-18(20(27)24-19-13-14(2)29-25-19)30-22-23-17-12-8-7-11-16(17)21(28)26(22)15-9-5-4-6-10-15/h4-13,18H,3H2,1-2H3,(H,24,25,27). The van der Waals surface area contributed by atoms with Gasteiger partial charge in [0.2, 0.25) is 5.91 Å². The molecular formula is C22H20N4O3S. The summed E-state index contributed by atoms with van der Waals surface area (Å²) in [5.41, 5.74) is 1.13. The Balaban J connectivity index is 1.75. The number of carbonyl (C=O) groups excluding carboxylic acids is 1. The Labute approximate surface area is 177 Å². The fourth-order valence-corrected chi connectivity index (χ4v) is 4.11. The number of fused-ring (bicyclic) bond motifs is 1. The molecule has 0 saturated heterocycles. The molecule has 0 aliphatic heterocycles. The fourth-order valence-electron chi connectivity index (χ4n) is 3.08.